The Morgan fingerprint density at radius 3 is 2.25 bits per heavy atom. The van der Waals surface area contributed by atoms with E-state index in [2.05, 4.69) is 24.5 Å². The summed E-state index contributed by atoms with van der Waals surface area (Å²) in [6.45, 7) is 8.76. The number of nitrogens with one attached hydrogen (secondary N) is 2. The quantitative estimate of drug-likeness (QED) is 0.648. The standard InChI is InChI=1S/C12H24N2O2/c1-5-10(4)14-12(16)8-11(15)13-7-6-9(2)3/h9-10H,5-8H2,1-4H3,(H,13,15)(H,14,16). The molecule has 0 aliphatic heterocycles. The first kappa shape index (κ1) is 14.9. The molecule has 0 aromatic rings. The largest absolute Gasteiger partial charge is 0.356 e. The van der Waals surface area contributed by atoms with Gasteiger partial charge in [0, 0.05) is 12.6 Å². The third-order valence-corrected chi connectivity index (χ3v) is 2.38. The fourth-order valence-electron chi connectivity index (χ4n) is 1.14. The van der Waals surface area contributed by atoms with E-state index < -0.39 is 0 Å². The van der Waals surface area contributed by atoms with Crippen LogP contribution in [0.25, 0.3) is 0 Å². The van der Waals surface area contributed by atoms with Crippen LogP contribution >= 0.6 is 0 Å². The van der Waals surface area contributed by atoms with Crippen LogP contribution in [-0.2, 0) is 9.59 Å². The van der Waals surface area contributed by atoms with Gasteiger partial charge in [-0.3, -0.25) is 9.59 Å². The predicted molar refractivity (Wildman–Crippen MR) is 65.0 cm³/mol. The first-order valence-corrected chi connectivity index (χ1v) is 6.01. The van der Waals surface area contributed by atoms with Crippen molar-refractivity contribution in [2.75, 3.05) is 6.54 Å². The lowest BCUT2D eigenvalue weighted by Crippen LogP contribution is -2.36. The Bertz CT molecular complexity index is 227. The van der Waals surface area contributed by atoms with Gasteiger partial charge in [-0.2, -0.15) is 0 Å². The molecular formula is C12H24N2O2. The van der Waals surface area contributed by atoms with Gasteiger partial charge >= 0.3 is 0 Å². The van der Waals surface area contributed by atoms with E-state index in [1.54, 1.807) is 0 Å². The van der Waals surface area contributed by atoms with Gasteiger partial charge < -0.3 is 10.6 Å². The highest BCUT2D eigenvalue weighted by atomic mass is 16.2. The molecule has 4 nitrogen and oxygen atoms in total. The maximum absolute atomic E-state index is 11.3. The summed E-state index contributed by atoms with van der Waals surface area (Å²) >= 11 is 0. The smallest absolute Gasteiger partial charge is 0.229 e. The van der Waals surface area contributed by atoms with Crippen molar-refractivity contribution in [3.8, 4) is 0 Å². The number of amides is 2. The molecule has 0 rings (SSSR count). The van der Waals surface area contributed by atoms with Crippen LogP contribution in [-0.4, -0.2) is 24.4 Å². The average Bonchev–Trinajstić information content (AvgIpc) is 2.16. The maximum Gasteiger partial charge on any atom is 0.229 e. The minimum absolute atomic E-state index is 0.0670. The molecule has 0 aromatic heterocycles. The summed E-state index contributed by atoms with van der Waals surface area (Å²) in [4.78, 5) is 22.7. The van der Waals surface area contributed by atoms with Crippen molar-refractivity contribution in [3.63, 3.8) is 0 Å². The van der Waals surface area contributed by atoms with Crippen LogP contribution in [0.2, 0.25) is 0 Å². The molecule has 0 aliphatic carbocycles. The monoisotopic (exact) mass is 228 g/mol. The number of rotatable bonds is 7. The van der Waals surface area contributed by atoms with E-state index in [1.807, 2.05) is 13.8 Å². The molecule has 2 N–H and O–H groups in total. The molecular weight excluding hydrogens is 204 g/mol. The Kier molecular flexibility index (Phi) is 7.60. The van der Waals surface area contributed by atoms with E-state index in [0.29, 0.717) is 12.5 Å². The van der Waals surface area contributed by atoms with Crippen LogP contribution in [0.3, 0.4) is 0 Å². The zero-order chi connectivity index (χ0) is 12.6. The SMILES string of the molecule is CCC(C)NC(=O)CC(=O)NCCC(C)C. The molecule has 0 saturated carbocycles. The van der Waals surface area contributed by atoms with E-state index >= 15 is 0 Å². The molecule has 0 saturated heterocycles. The van der Waals surface area contributed by atoms with Gasteiger partial charge in [0.1, 0.15) is 6.42 Å². The van der Waals surface area contributed by atoms with Gasteiger partial charge in [0.2, 0.25) is 11.8 Å². The van der Waals surface area contributed by atoms with Gasteiger partial charge in [-0.1, -0.05) is 20.8 Å². The summed E-state index contributed by atoms with van der Waals surface area (Å²) in [5.41, 5.74) is 0. The Hall–Kier alpha value is -1.06. The molecule has 0 radical (unpaired) electrons. The lowest BCUT2D eigenvalue weighted by molar-refractivity contribution is -0.129. The third-order valence-electron chi connectivity index (χ3n) is 2.38. The second kappa shape index (κ2) is 8.13. The highest BCUT2D eigenvalue weighted by Crippen LogP contribution is 1.96. The summed E-state index contributed by atoms with van der Waals surface area (Å²) in [6.07, 6.45) is 1.75. The zero-order valence-corrected chi connectivity index (χ0v) is 10.8. The number of carbonyl (C=O) groups excluding carboxylic acids is 2. The van der Waals surface area contributed by atoms with Crippen LogP contribution in [0.4, 0.5) is 0 Å². The second-order valence-corrected chi connectivity index (χ2v) is 4.59. The molecule has 1 unspecified atom stereocenters. The van der Waals surface area contributed by atoms with Crippen LogP contribution < -0.4 is 10.6 Å². The summed E-state index contributed by atoms with van der Waals surface area (Å²) in [5, 5.41) is 5.50. The Morgan fingerprint density at radius 1 is 1.12 bits per heavy atom. The molecule has 0 fully saturated rings. The summed E-state index contributed by atoms with van der Waals surface area (Å²) in [7, 11) is 0. The van der Waals surface area contributed by atoms with Gasteiger partial charge in [0.15, 0.2) is 0 Å². The Balaban J connectivity index is 3.66. The van der Waals surface area contributed by atoms with Crippen molar-refractivity contribution in [1.29, 1.82) is 0 Å². The molecule has 0 aliphatic rings. The minimum atomic E-state index is -0.198. The topological polar surface area (TPSA) is 58.2 Å². The summed E-state index contributed by atoms with van der Waals surface area (Å²) in [5.74, 6) is 0.173. The lowest BCUT2D eigenvalue weighted by atomic mass is 10.1. The molecule has 2 amide bonds. The van der Waals surface area contributed by atoms with Gasteiger partial charge in [0.25, 0.3) is 0 Å². The molecule has 0 spiro atoms. The van der Waals surface area contributed by atoms with Crippen LogP contribution in [0.15, 0.2) is 0 Å². The highest BCUT2D eigenvalue weighted by molar-refractivity contribution is 5.96. The molecule has 16 heavy (non-hydrogen) atoms. The number of hydrogen-bond donors (Lipinski definition) is 2. The fourth-order valence-corrected chi connectivity index (χ4v) is 1.14. The normalized spacial score (nSPS) is 12.3. The van der Waals surface area contributed by atoms with Crippen LogP contribution in [0.1, 0.15) is 47.0 Å². The molecule has 0 aromatic carbocycles. The summed E-state index contributed by atoms with van der Waals surface area (Å²) < 4.78 is 0. The maximum atomic E-state index is 11.3. The third kappa shape index (κ3) is 8.26. The molecule has 0 heterocycles. The highest BCUT2D eigenvalue weighted by Gasteiger charge is 2.10. The van der Waals surface area contributed by atoms with E-state index in [-0.39, 0.29) is 24.3 Å². The van der Waals surface area contributed by atoms with Crippen molar-refractivity contribution in [2.24, 2.45) is 5.92 Å². The Labute approximate surface area is 98.2 Å². The Morgan fingerprint density at radius 2 is 1.75 bits per heavy atom. The van der Waals surface area contributed by atoms with Gasteiger partial charge in [-0.25, -0.2) is 0 Å². The zero-order valence-electron chi connectivity index (χ0n) is 10.8. The summed E-state index contributed by atoms with van der Waals surface area (Å²) in [6, 6.07) is 0.135. The van der Waals surface area contributed by atoms with E-state index in [0.717, 1.165) is 12.8 Å². The second-order valence-electron chi connectivity index (χ2n) is 4.59. The van der Waals surface area contributed by atoms with Gasteiger partial charge in [-0.15, -0.1) is 0 Å². The van der Waals surface area contributed by atoms with Gasteiger partial charge in [0.05, 0.1) is 0 Å². The van der Waals surface area contributed by atoms with E-state index in [9.17, 15) is 9.59 Å². The first-order valence-electron chi connectivity index (χ1n) is 6.01. The van der Waals surface area contributed by atoms with Crippen molar-refractivity contribution < 1.29 is 9.59 Å². The van der Waals surface area contributed by atoms with E-state index in [4.69, 9.17) is 0 Å². The first-order chi connectivity index (χ1) is 7.45. The van der Waals surface area contributed by atoms with Crippen molar-refractivity contribution >= 4 is 11.8 Å². The molecule has 94 valence electrons. The molecule has 1 atom stereocenters. The van der Waals surface area contributed by atoms with Gasteiger partial charge in [-0.05, 0) is 25.7 Å². The predicted octanol–water partition coefficient (Wildman–Crippen LogP) is 1.45. The lowest BCUT2D eigenvalue weighted by Gasteiger charge is -2.11. The van der Waals surface area contributed by atoms with Crippen molar-refractivity contribution in [1.82, 2.24) is 10.6 Å². The number of carbonyl (C=O) groups is 2. The number of hydrogen-bond acceptors (Lipinski definition) is 2. The van der Waals surface area contributed by atoms with Crippen molar-refractivity contribution in [3.05, 3.63) is 0 Å². The minimum Gasteiger partial charge on any atom is -0.356 e. The van der Waals surface area contributed by atoms with Crippen LogP contribution in [0, 0.1) is 5.92 Å². The van der Waals surface area contributed by atoms with E-state index in [1.165, 1.54) is 0 Å². The van der Waals surface area contributed by atoms with Crippen LogP contribution in [0.5, 0.6) is 0 Å². The molecule has 4 heteroatoms. The molecule has 0 bridgehead atoms. The fraction of sp³-hybridized carbons (Fsp3) is 0.833. The average molecular weight is 228 g/mol. The van der Waals surface area contributed by atoms with Crippen molar-refractivity contribution in [2.45, 2.75) is 53.0 Å².